The van der Waals surface area contributed by atoms with E-state index in [9.17, 15) is 46.0 Å². The van der Waals surface area contributed by atoms with Crippen LogP contribution in [-0.4, -0.2) is 158 Å². The molecule has 15 heteroatoms. The van der Waals surface area contributed by atoms with Gasteiger partial charge in [-0.15, -0.1) is 0 Å². The number of methoxy groups -OCH3 is 1. The summed E-state index contributed by atoms with van der Waals surface area (Å²) in [5.41, 5.74) is 0. The number of aliphatic hydroxyl groups excluding tert-OH is 9. The summed E-state index contributed by atoms with van der Waals surface area (Å²) in [4.78, 5) is 0. The molecule has 0 spiro atoms. The second-order valence-corrected chi connectivity index (χ2v) is 8.57. The average Bonchev–Trinajstić information content (AvgIpc) is 2.82. The summed E-state index contributed by atoms with van der Waals surface area (Å²) in [6.45, 7) is 0.286. The molecule has 200 valence electrons. The lowest BCUT2D eigenvalue weighted by atomic mass is 9.97. The van der Waals surface area contributed by atoms with Crippen molar-refractivity contribution in [3.63, 3.8) is 0 Å². The van der Waals surface area contributed by atoms with Gasteiger partial charge in [-0.3, -0.25) is 0 Å². The van der Waals surface area contributed by atoms with Gasteiger partial charge in [0.25, 0.3) is 0 Å². The topological polar surface area (TPSA) is 237 Å². The van der Waals surface area contributed by atoms with Gasteiger partial charge in [-0.25, -0.2) is 0 Å². The first-order chi connectivity index (χ1) is 16.0. The molecule has 15 nitrogen and oxygen atoms in total. The average molecular weight is 502 g/mol. The van der Waals surface area contributed by atoms with E-state index in [0.29, 0.717) is 0 Å². The van der Waals surface area contributed by atoms with E-state index in [1.165, 1.54) is 14.0 Å². The molecule has 9 N–H and O–H groups in total. The van der Waals surface area contributed by atoms with Crippen LogP contribution in [0.1, 0.15) is 6.92 Å². The second-order valence-electron chi connectivity index (χ2n) is 8.57. The molecule has 0 aromatic carbocycles. The molecule has 0 bridgehead atoms. The first kappa shape index (κ1) is 28.0. The predicted molar refractivity (Wildman–Crippen MR) is 105 cm³/mol. The monoisotopic (exact) mass is 502 g/mol. The number of aliphatic hydroxyl groups is 9. The quantitative estimate of drug-likeness (QED) is 0.157. The molecule has 0 aromatic rings. The summed E-state index contributed by atoms with van der Waals surface area (Å²) >= 11 is 0. The van der Waals surface area contributed by atoms with Gasteiger partial charge in [-0.2, -0.15) is 0 Å². The molecule has 3 heterocycles. The minimum atomic E-state index is -1.70. The maximum atomic E-state index is 10.8. The molecule has 0 aliphatic carbocycles. The third-order valence-corrected chi connectivity index (χ3v) is 6.25. The lowest BCUT2D eigenvalue weighted by Crippen LogP contribution is -2.64. The molecule has 0 amide bonds. The Bertz CT molecular complexity index is 639. The third kappa shape index (κ3) is 5.54. The Hall–Kier alpha value is -0.600. The Kier molecular flexibility index (Phi) is 9.57. The van der Waals surface area contributed by atoms with E-state index in [0.717, 1.165) is 0 Å². The van der Waals surface area contributed by atoms with Crippen LogP contribution in [0.5, 0.6) is 0 Å². The van der Waals surface area contributed by atoms with Gasteiger partial charge in [-0.1, -0.05) is 0 Å². The van der Waals surface area contributed by atoms with Crippen molar-refractivity contribution < 1.29 is 74.4 Å². The Balaban J connectivity index is 1.68. The molecule has 3 aliphatic heterocycles. The van der Waals surface area contributed by atoms with Crippen LogP contribution >= 0.6 is 0 Å². The number of ether oxygens (including phenoxy) is 6. The highest BCUT2D eigenvalue weighted by Gasteiger charge is 2.51. The zero-order valence-electron chi connectivity index (χ0n) is 18.5. The molecule has 0 saturated carbocycles. The van der Waals surface area contributed by atoms with Crippen molar-refractivity contribution in [3.8, 4) is 0 Å². The summed E-state index contributed by atoms with van der Waals surface area (Å²) in [6, 6.07) is 0. The van der Waals surface area contributed by atoms with E-state index in [-0.39, 0.29) is 0 Å². The molecule has 0 radical (unpaired) electrons. The van der Waals surface area contributed by atoms with Crippen molar-refractivity contribution in [1.82, 2.24) is 0 Å². The van der Waals surface area contributed by atoms with Crippen molar-refractivity contribution in [3.05, 3.63) is 0 Å². The highest BCUT2D eigenvalue weighted by atomic mass is 16.7. The van der Waals surface area contributed by atoms with Crippen LogP contribution in [0.25, 0.3) is 0 Å². The zero-order valence-corrected chi connectivity index (χ0v) is 18.5. The molecular weight excluding hydrogens is 468 g/mol. The van der Waals surface area contributed by atoms with Crippen LogP contribution in [0.2, 0.25) is 0 Å². The van der Waals surface area contributed by atoms with Gasteiger partial charge in [0.15, 0.2) is 18.9 Å². The smallest absolute Gasteiger partial charge is 0.187 e. The number of hydrogen-bond acceptors (Lipinski definition) is 15. The Morgan fingerprint density at radius 3 is 1.82 bits per heavy atom. The highest BCUT2D eigenvalue weighted by molar-refractivity contribution is 4.94. The van der Waals surface area contributed by atoms with Gasteiger partial charge in [0, 0.05) is 7.11 Å². The maximum Gasteiger partial charge on any atom is 0.187 e. The number of rotatable bonds is 7. The molecule has 0 aromatic heterocycles. The van der Waals surface area contributed by atoms with Gasteiger partial charge in [0.2, 0.25) is 0 Å². The van der Waals surface area contributed by atoms with E-state index in [2.05, 4.69) is 0 Å². The van der Waals surface area contributed by atoms with Crippen LogP contribution in [0.3, 0.4) is 0 Å². The van der Waals surface area contributed by atoms with Crippen LogP contribution in [-0.2, 0) is 28.4 Å². The standard InChI is InChI=1S/C19H34O15/c1-5-8(21)11(24)14(27)19(31-5)34-16-10(23)7(33-17(29-2)15(16)28)4-30-18-13(26)12(25)9(22)6(3-20)32-18/h5-28H,3-4H2,1-2H3/t5-,6+,7+,8-,9+,10+,11+,12-,13+,14+,15+,16-,17-,18-,19-/m0/s1. The van der Waals surface area contributed by atoms with Gasteiger partial charge in [-0.05, 0) is 6.92 Å². The van der Waals surface area contributed by atoms with Crippen LogP contribution < -0.4 is 0 Å². The Morgan fingerprint density at radius 2 is 1.21 bits per heavy atom. The van der Waals surface area contributed by atoms with E-state index in [1.807, 2.05) is 0 Å². The van der Waals surface area contributed by atoms with E-state index in [1.54, 1.807) is 0 Å². The molecule has 34 heavy (non-hydrogen) atoms. The summed E-state index contributed by atoms with van der Waals surface area (Å²) in [5, 5.41) is 90.4. The molecule has 3 rings (SSSR count). The van der Waals surface area contributed by atoms with Crippen molar-refractivity contribution in [2.45, 2.75) is 99.0 Å². The van der Waals surface area contributed by atoms with E-state index >= 15 is 0 Å². The molecule has 3 saturated heterocycles. The lowest BCUT2D eigenvalue weighted by molar-refractivity contribution is -0.361. The van der Waals surface area contributed by atoms with Crippen molar-refractivity contribution in [2.75, 3.05) is 20.3 Å². The summed E-state index contributed by atoms with van der Waals surface area (Å²) in [7, 11) is 1.21. The molecule has 3 fully saturated rings. The van der Waals surface area contributed by atoms with E-state index < -0.39 is 105 Å². The lowest BCUT2D eigenvalue weighted by Gasteiger charge is -2.46. The van der Waals surface area contributed by atoms with Gasteiger partial charge < -0.3 is 74.4 Å². The van der Waals surface area contributed by atoms with Crippen molar-refractivity contribution >= 4 is 0 Å². The minimum absolute atomic E-state index is 0.484. The second kappa shape index (κ2) is 11.6. The summed E-state index contributed by atoms with van der Waals surface area (Å²) < 4.78 is 32.1. The molecule has 0 unspecified atom stereocenters. The van der Waals surface area contributed by atoms with E-state index in [4.69, 9.17) is 28.4 Å². The van der Waals surface area contributed by atoms with Gasteiger partial charge >= 0.3 is 0 Å². The fraction of sp³-hybridized carbons (Fsp3) is 1.00. The summed E-state index contributed by atoms with van der Waals surface area (Å²) in [6.07, 6.45) is -22.0. The third-order valence-electron chi connectivity index (χ3n) is 6.25. The summed E-state index contributed by atoms with van der Waals surface area (Å²) in [5.74, 6) is 0. The SMILES string of the molecule is CO[C@H]1O[C@H](CO[C@H]2O[C@H](CO)[C@@H](O)[C@H](O)[C@H]2O)[C@@H](O)[C@H](O[C@@H]2O[C@@H](C)[C@H](O)[C@@H](O)[C@H]2O)[C@H]1O. The first-order valence-corrected chi connectivity index (χ1v) is 10.8. The minimum Gasteiger partial charge on any atom is -0.394 e. The highest BCUT2D eigenvalue weighted by Crippen LogP contribution is 2.30. The maximum absolute atomic E-state index is 10.8. The van der Waals surface area contributed by atoms with Crippen molar-refractivity contribution in [2.24, 2.45) is 0 Å². The molecule has 3 aliphatic rings. The van der Waals surface area contributed by atoms with Gasteiger partial charge in [0.05, 0.1) is 19.3 Å². The largest absolute Gasteiger partial charge is 0.394 e. The predicted octanol–water partition coefficient (Wildman–Crippen LogP) is -5.89. The Morgan fingerprint density at radius 1 is 0.618 bits per heavy atom. The molecule has 15 atom stereocenters. The fourth-order valence-electron chi connectivity index (χ4n) is 4.07. The van der Waals surface area contributed by atoms with Crippen LogP contribution in [0, 0.1) is 0 Å². The Labute approximate surface area is 194 Å². The zero-order chi connectivity index (χ0) is 25.3. The molecular formula is C19H34O15. The normalized spacial score (nSPS) is 52.5. The number of hydrogen-bond donors (Lipinski definition) is 9. The van der Waals surface area contributed by atoms with Crippen LogP contribution in [0.15, 0.2) is 0 Å². The van der Waals surface area contributed by atoms with Gasteiger partial charge in [0.1, 0.15) is 67.1 Å². The first-order valence-electron chi connectivity index (χ1n) is 10.8. The van der Waals surface area contributed by atoms with Crippen LogP contribution in [0.4, 0.5) is 0 Å². The van der Waals surface area contributed by atoms with Crippen molar-refractivity contribution in [1.29, 1.82) is 0 Å². The fourth-order valence-corrected chi connectivity index (χ4v) is 4.07.